The van der Waals surface area contributed by atoms with Crippen LogP contribution < -0.4 is 0 Å². The lowest BCUT2D eigenvalue weighted by Gasteiger charge is -2.32. The van der Waals surface area contributed by atoms with Gasteiger partial charge in [0.05, 0.1) is 23.1 Å². The Hall–Kier alpha value is -4.15. The Morgan fingerprint density at radius 3 is 2.61 bits per heavy atom. The van der Waals surface area contributed by atoms with Crippen molar-refractivity contribution in [3.63, 3.8) is 0 Å². The van der Waals surface area contributed by atoms with Crippen molar-refractivity contribution < 1.29 is 18.7 Å². The van der Waals surface area contributed by atoms with Crippen LogP contribution in [-0.2, 0) is 13.5 Å². The van der Waals surface area contributed by atoms with Crippen molar-refractivity contribution in [2.75, 3.05) is 6.54 Å². The summed E-state index contributed by atoms with van der Waals surface area (Å²) in [5, 5.41) is 18.4. The van der Waals surface area contributed by atoms with Crippen molar-refractivity contribution in [1.82, 2.24) is 34.4 Å². The van der Waals surface area contributed by atoms with E-state index in [-0.39, 0.29) is 17.6 Å². The molecule has 0 radical (unpaired) electrons. The number of hydrogen-bond acceptors (Lipinski definition) is 6. The number of nitrogens with zero attached hydrogens (tertiary/aromatic N) is 7. The normalized spacial score (nSPS) is 15.5. The number of amides is 1. The Bertz CT molecular complexity index is 1360. The zero-order valence-corrected chi connectivity index (χ0v) is 17.8. The fourth-order valence-corrected chi connectivity index (χ4v) is 4.24. The van der Waals surface area contributed by atoms with E-state index in [1.165, 1.54) is 35.4 Å². The highest BCUT2D eigenvalue weighted by Gasteiger charge is 2.34. The SMILES string of the molecule is C[C@H]1c2nn(C)c(-c3cc(F)cc(F)c3)c2CCN1C(=O)c1ncn(-c2ccnc(O)c2)n1. The smallest absolute Gasteiger partial charge is 0.294 e. The highest BCUT2D eigenvalue weighted by molar-refractivity contribution is 5.91. The van der Waals surface area contributed by atoms with Crippen molar-refractivity contribution in [3.05, 3.63) is 71.6 Å². The van der Waals surface area contributed by atoms with Gasteiger partial charge in [0, 0.05) is 43.0 Å². The average Bonchev–Trinajstić information content (AvgIpc) is 3.38. The first-order chi connectivity index (χ1) is 15.8. The van der Waals surface area contributed by atoms with Crippen LogP contribution in [0.5, 0.6) is 5.88 Å². The molecule has 0 spiro atoms. The highest BCUT2D eigenvalue weighted by Crippen LogP contribution is 2.36. The monoisotopic (exact) mass is 451 g/mol. The maximum atomic E-state index is 13.8. The number of aryl methyl sites for hydroxylation is 1. The summed E-state index contributed by atoms with van der Waals surface area (Å²) in [4.78, 5) is 22.6. The lowest BCUT2D eigenvalue weighted by Crippen LogP contribution is -2.39. The van der Waals surface area contributed by atoms with Crippen molar-refractivity contribution in [2.45, 2.75) is 19.4 Å². The predicted octanol–water partition coefficient (Wildman–Crippen LogP) is 2.81. The molecule has 1 aliphatic rings. The van der Waals surface area contributed by atoms with E-state index in [1.807, 2.05) is 6.92 Å². The lowest BCUT2D eigenvalue weighted by molar-refractivity contribution is 0.0661. The minimum atomic E-state index is -0.662. The van der Waals surface area contributed by atoms with Crippen LogP contribution in [0.3, 0.4) is 0 Å². The molecule has 4 heterocycles. The predicted molar refractivity (Wildman–Crippen MR) is 113 cm³/mol. The van der Waals surface area contributed by atoms with E-state index in [2.05, 4.69) is 20.2 Å². The highest BCUT2D eigenvalue weighted by atomic mass is 19.1. The number of hydrogen-bond donors (Lipinski definition) is 1. The van der Waals surface area contributed by atoms with E-state index in [0.29, 0.717) is 35.6 Å². The molecule has 3 aromatic heterocycles. The van der Waals surface area contributed by atoms with Crippen molar-refractivity contribution >= 4 is 5.91 Å². The molecule has 168 valence electrons. The van der Waals surface area contributed by atoms with Crippen LogP contribution in [0.4, 0.5) is 8.78 Å². The molecule has 9 nitrogen and oxygen atoms in total. The Balaban J connectivity index is 1.44. The summed E-state index contributed by atoms with van der Waals surface area (Å²) in [6.45, 7) is 2.21. The molecular weight excluding hydrogens is 432 g/mol. The van der Waals surface area contributed by atoms with Crippen LogP contribution >= 0.6 is 0 Å². The second kappa shape index (κ2) is 7.76. The third-order valence-electron chi connectivity index (χ3n) is 5.72. The molecule has 0 bridgehead atoms. The Morgan fingerprint density at radius 1 is 1.12 bits per heavy atom. The molecule has 4 aromatic rings. The first-order valence-corrected chi connectivity index (χ1v) is 10.2. The quantitative estimate of drug-likeness (QED) is 0.514. The number of halogens is 2. The van der Waals surface area contributed by atoms with Crippen LogP contribution in [0.1, 0.15) is 34.8 Å². The van der Waals surface area contributed by atoms with Gasteiger partial charge in [0.25, 0.3) is 5.91 Å². The molecule has 5 rings (SSSR count). The van der Waals surface area contributed by atoms with E-state index < -0.39 is 17.7 Å². The minimum Gasteiger partial charge on any atom is -0.493 e. The summed E-state index contributed by atoms with van der Waals surface area (Å²) in [6, 6.07) is 6.02. The summed E-state index contributed by atoms with van der Waals surface area (Å²) in [6.07, 6.45) is 3.27. The average molecular weight is 451 g/mol. The molecule has 0 aliphatic carbocycles. The summed E-state index contributed by atoms with van der Waals surface area (Å²) < 4.78 is 30.6. The Kier molecular flexibility index (Phi) is 4.88. The zero-order valence-electron chi connectivity index (χ0n) is 17.8. The van der Waals surface area contributed by atoms with Gasteiger partial charge in [0.1, 0.15) is 18.0 Å². The van der Waals surface area contributed by atoms with Gasteiger partial charge in [-0.15, -0.1) is 5.10 Å². The van der Waals surface area contributed by atoms with Gasteiger partial charge in [0.2, 0.25) is 11.7 Å². The van der Waals surface area contributed by atoms with Crippen LogP contribution in [0.15, 0.2) is 42.9 Å². The number of rotatable bonds is 3. The number of aromatic hydroxyl groups is 1. The molecule has 1 aliphatic heterocycles. The van der Waals surface area contributed by atoms with Crippen molar-refractivity contribution in [2.24, 2.45) is 7.05 Å². The maximum Gasteiger partial charge on any atom is 0.294 e. The lowest BCUT2D eigenvalue weighted by atomic mass is 9.95. The van der Waals surface area contributed by atoms with Gasteiger partial charge in [0.15, 0.2) is 0 Å². The minimum absolute atomic E-state index is 0.00459. The second-order valence-corrected chi connectivity index (χ2v) is 7.80. The summed E-state index contributed by atoms with van der Waals surface area (Å²) >= 11 is 0. The summed E-state index contributed by atoms with van der Waals surface area (Å²) in [5.41, 5.74) is 3.05. The standard InChI is InChI=1S/C22H19F2N7O2/c1-12-19-17(20(29(2)27-19)13-7-14(23)9-15(24)8-13)4-6-30(12)22(33)21-26-11-31(28-21)16-3-5-25-18(32)10-16/h3,5,7-12H,4,6H2,1-2H3,(H,25,32)/t12-/m0/s1. The second-order valence-electron chi connectivity index (χ2n) is 7.80. The number of pyridine rings is 1. The molecule has 1 amide bonds. The third-order valence-corrected chi connectivity index (χ3v) is 5.72. The number of aromatic nitrogens is 6. The fourth-order valence-electron chi connectivity index (χ4n) is 4.24. The van der Waals surface area contributed by atoms with E-state index in [9.17, 15) is 18.7 Å². The van der Waals surface area contributed by atoms with E-state index in [4.69, 9.17) is 0 Å². The van der Waals surface area contributed by atoms with Gasteiger partial charge in [-0.2, -0.15) is 5.10 Å². The molecule has 0 fully saturated rings. The Morgan fingerprint density at radius 2 is 1.88 bits per heavy atom. The maximum absolute atomic E-state index is 13.8. The van der Waals surface area contributed by atoms with Crippen LogP contribution in [0.25, 0.3) is 16.9 Å². The first-order valence-electron chi connectivity index (χ1n) is 10.2. The van der Waals surface area contributed by atoms with Crippen LogP contribution in [0.2, 0.25) is 0 Å². The van der Waals surface area contributed by atoms with Gasteiger partial charge < -0.3 is 10.0 Å². The molecule has 1 atom stereocenters. The first kappa shape index (κ1) is 20.7. The molecule has 0 saturated carbocycles. The van der Waals surface area contributed by atoms with Crippen molar-refractivity contribution in [1.29, 1.82) is 0 Å². The molecule has 11 heteroatoms. The molecule has 1 aromatic carbocycles. The Labute approximate surface area is 186 Å². The van der Waals surface area contributed by atoms with E-state index in [1.54, 1.807) is 22.7 Å². The molecule has 0 saturated heterocycles. The molecular formula is C22H19F2N7O2. The molecule has 1 N–H and O–H groups in total. The van der Waals surface area contributed by atoms with Gasteiger partial charge in [-0.3, -0.25) is 9.48 Å². The largest absolute Gasteiger partial charge is 0.493 e. The number of carbonyl (C=O) groups is 1. The topological polar surface area (TPSA) is 102 Å². The summed E-state index contributed by atoms with van der Waals surface area (Å²) in [5.74, 6) is -1.86. The number of carbonyl (C=O) groups excluding carboxylic acids is 1. The number of benzene rings is 1. The molecule has 0 unspecified atom stereocenters. The van der Waals surface area contributed by atoms with Crippen molar-refractivity contribution in [3.8, 4) is 22.8 Å². The van der Waals surface area contributed by atoms with Gasteiger partial charge in [-0.05, 0) is 31.5 Å². The van der Waals surface area contributed by atoms with Crippen LogP contribution in [-0.4, -0.2) is 52.0 Å². The van der Waals surface area contributed by atoms with Gasteiger partial charge in [-0.1, -0.05) is 0 Å². The van der Waals surface area contributed by atoms with E-state index in [0.717, 1.165) is 11.6 Å². The number of fused-ring (bicyclic) bond motifs is 1. The van der Waals surface area contributed by atoms with Gasteiger partial charge >= 0.3 is 0 Å². The fraction of sp³-hybridized carbons (Fsp3) is 0.227. The van der Waals surface area contributed by atoms with E-state index >= 15 is 0 Å². The summed E-state index contributed by atoms with van der Waals surface area (Å²) in [7, 11) is 1.71. The van der Waals surface area contributed by atoms with Crippen LogP contribution in [0, 0.1) is 11.6 Å². The van der Waals surface area contributed by atoms with Gasteiger partial charge in [-0.25, -0.2) is 23.4 Å². The third kappa shape index (κ3) is 3.60. The zero-order chi connectivity index (χ0) is 23.3. The molecule has 33 heavy (non-hydrogen) atoms.